The van der Waals surface area contributed by atoms with Crippen LogP contribution >= 0.6 is 99.9 Å². The number of hydrogen-bond acceptors (Lipinski definition) is 3. The van der Waals surface area contributed by atoms with E-state index in [2.05, 4.69) is 153 Å². The third-order valence-electron chi connectivity index (χ3n) is 5.99. The molecule has 0 aliphatic heterocycles. The monoisotopic (exact) mass is 1310 g/mol. The van der Waals surface area contributed by atoms with Gasteiger partial charge in [0.25, 0.3) is 0 Å². The number of fused-ring (bicyclic) bond motifs is 2. The van der Waals surface area contributed by atoms with Crippen LogP contribution in [0.5, 0.6) is 0 Å². The zero-order valence-electron chi connectivity index (χ0n) is 30.8. The normalized spacial score (nSPS) is 9.06. The van der Waals surface area contributed by atoms with E-state index in [0.717, 1.165) is 44.9 Å². The SMILES string of the molecule is CC.CC.CC.CC.CC(=O)c1c(-c2ccccc2)nn2c(C)cccc12.Cc1cccc2cc(-c3ccccc3)nn12.[I][V]([I])[I].[I][V][I]. The summed E-state index contributed by atoms with van der Waals surface area (Å²) >= 11 is 12.1. The molecule has 0 aliphatic carbocycles. The Balaban J connectivity index is 0. The summed E-state index contributed by atoms with van der Waals surface area (Å²) in [4.78, 5) is 11.7. The summed E-state index contributed by atoms with van der Waals surface area (Å²) in [5.74, 6) is 0.0412. The molecule has 0 bridgehead atoms. The van der Waals surface area contributed by atoms with E-state index in [-0.39, 0.29) is 10.7 Å². The summed E-state index contributed by atoms with van der Waals surface area (Å²) in [6.45, 7) is 21.6. The van der Waals surface area contributed by atoms with Gasteiger partial charge in [-0.25, -0.2) is 9.03 Å². The summed E-state index contributed by atoms with van der Waals surface area (Å²) in [5.41, 5.74) is 8.76. The molecule has 0 amide bonds. The first-order valence-electron chi connectivity index (χ1n) is 16.4. The molecule has 5 nitrogen and oxygen atoms in total. The summed E-state index contributed by atoms with van der Waals surface area (Å²) in [7, 11) is 0.628. The van der Waals surface area contributed by atoms with Gasteiger partial charge < -0.3 is 0 Å². The van der Waals surface area contributed by atoms with Gasteiger partial charge in [0.15, 0.2) is 5.78 Å². The van der Waals surface area contributed by atoms with Gasteiger partial charge in [0, 0.05) is 22.5 Å². The Morgan fingerprint density at radius 2 is 1.04 bits per heavy atom. The minimum atomic E-state index is -0.278. The van der Waals surface area contributed by atoms with Gasteiger partial charge >= 0.3 is 114 Å². The van der Waals surface area contributed by atoms with E-state index >= 15 is 0 Å². The molecule has 0 spiro atoms. The standard InChI is InChI=1S/C16H14N2O.C14H12N2.4C2H6.5HI.2V/c1-11-7-6-10-14-15(12(2)19)16(17-18(11)14)13-8-4-3-5-9-13;1-11-6-5-9-13-10-14(15-16(11)13)12-7-3-2-4-8-12;4*1-2;;;;;;;/h3-10H,1-2H3;2-10H,1H3;4*1-2H3;5*1H;;/q;;;;;;;;;;;+2;+3/p-5. The van der Waals surface area contributed by atoms with Crippen LogP contribution in [0.4, 0.5) is 0 Å². The molecule has 6 rings (SSSR count). The molecule has 0 unspecified atom stereocenters. The van der Waals surface area contributed by atoms with Crippen LogP contribution in [0.15, 0.2) is 103 Å². The molecule has 4 heterocycles. The van der Waals surface area contributed by atoms with Crippen molar-refractivity contribution in [3.63, 3.8) is 0 Å². The zero-order chi connectivity index (χ0) is 38.6. The summed E-state index contributed by atoms with van der Waals surface area (Å²) in [5, 5.41) is 9.20. The topological polar surface area (TPSA) is 51.7 Å². The van der Waals surface area contributed by atoms with E-state index in [4.69, 9.17) is 0 Å². The molecule has 0 saturated carbocycles. The third kappa shape index (κ3) is 18.6. The molecule has 0 fully saturated rings. The molecule has 273 valence electrons. The number of carbonyl (C=O) groups excluding carboxylic acids is 1. The van der Waals surface area contributed by atoms with Crippen molar-refractivity contribution in [3.8, 4) is 22.5 Å². The van der Waals surface area contributed by atoms with Crippen LogP contribution in [-0.4, -0.2) is 25.0 Å². The predicted octanol–water partition coefficient (Wildman–Crippen LogP) is 15.4. The summed E-state index contributed by atoms with van der Waals surface area (Å²) in [6.07, 6.45) is 0. The van der Waals surface area contributed by atoms with Crippen LogP contribution in [0.2, 0.25) is 0 Å². The van der Waals surface area contributed by atoms with E-state index in [1.54, 1.807) is 6.92 Å². The van der Waals surface area contributed by atoms with Gasteiger partial charge in [-0.15, -0.1) is 0 Å². The van der Waals surface area contributed by atoms with Crippen molar-refractivity contribution in [2.45, 2.75) is 76.2 Å². The molecule has 4 aromatic heterocycles. The number of hydrogen-bond donors (Lipinski definition) is 0. The molecule has 0 atom stereocenters. The van der Waals surface area contributed by atoms with Gasteiger partial charge in [-0.1, -0.05) is 128 Å². The number of carbonyl (C=O) groups is 1. The van der Waals surface area contributed by atoms with Crippen LogP contribution in [0, 0.1) is 13.8 Å². The van der Waals surface area contributed by atoms with Crippen LogP contribution in [0.1, 0.15) is 84.1 Å². The van der Waals surface area contributed by atoms with Gasteiger partial charge in [0.2, 0.25) is 0 Å². The Labute approximate surface area is 368 Å². The fraction of sp³-hybridized carbons (Fsp3) is 0.289. The molecule has 0 saturated heterocycles. The first kappa shape index (κ1) is 52.4. The van der Waals surface area contributed by atoms with Gasteiger partial charge in [-0.2, -0.15) is 10.2 Å². The maximum atomic E-state index is 12.0. The second-order valence-electron chi connectivity index (χ2n) is 8.77. The number of nitrogens with zero attached hydrogens (tertiary/aromatic N) is 4. The maximum absolute atomic E-state index is 12.0. The Kier molecular flexibility index (Phi) is 34.3. The second kappa shape index (κ2) is 32.7. The fourth-order valence-electron chi connectivity index (χ4n) is 4.25. The number of rotatable bonds is 3. The van der Waals surface area contributed by atoms with E-state index in [1.165, 1.54) is 0 Å². The van der Waals surface area contributed by atoms with Crippen molar-refractivity contribution in [2.75, 3.05) is 0 Å². The molecule has 0 aliphatic rings. The van der Waals surface area contributed by atoms with Gasteiger partial charge in [0.05, 0.1) is 22.3 Å². The van der Waals surface area contributed by atoms with E-state index in [9.17, 15) is 4.79 Å². The minimum absolute atomic E-state index is 0.0412. The summed E-state index contributed by atoms with van der Waals surface area (Å²) in [6, 6.07) is 34.2. The van der Waals surface area contributed by atoms with Gasteiger partial charge in [0.1, 0.15) is 5.69 Å². The third-order valence-corrected chi connectivity index (χ3v) is 5.99. The second-order valence-corrected chi connectivity index (χ2v) is 55.9. The average Bonchev–Trinajstić information content (AvgIpc) is 3.78. The average molecular weight is 1320 g/mol. The van der Waals surface area contributed by atoms with Gasteiger partial charge in [-0.05, 0) is 51.1 Å². The number of benzene rings is 2. The Hall–Kier alpha value is 0.309. The number of halogens is 5. The zero-order valence-corrected chi connectivity index (χ0v) is 44.4. The Morgan fingerprint density at radius 3 is 1.48 bits per heavy atom. The number of aromatic nitrogens is 4. The molecule has 2 aromatic carbocycles. The van der Waals surface area contributed by atoms with Gasteiger partial charge in [-0.3, -0.25) is 4.79 Å². The van der Waals surface area contributed by atoms with E-state index in [0.29, 0.717) is 15.0 Å². The number of Topliss-reactive ketones (excluding diaryl/α,β-unsaturated/α-hetero) is 1. The number of aryl methyl sites for hydroxylation is 2. The van der Waals surface area contributed by atoms with Crippen LogP contribution in [0.3, 0.4) is 0 Å². The number of pyridine rings is 2. The first-order chi connectivity index (χ1) is 24.2. The van der Waals surface area contributed by atoms with Crippen molar-refractivity contribution < 1.29 is 19.2 Å². The Bertz CT molecular complexity index is 1730. The molecule has 50 heavy (non-hydrogen) atoms. The molecular formula is C38H50I5N4OV2. The van der Waals surface area contributed by atoms with Crippen molar-refractivity contribution in [2.24, 2.45) is 0 Å². The molecule has 12 heteroatoms. The molecule has 6 aromatic rings. The van der Waals surface area contributed by atoms with Crippen molar-refractivity contribution in [3.05, 3.63) is 120 Å². The number of ketones is 1. The van der Waals surface area contributed by atoms with Crippen molar-refractivity contribution in [1.82, 2.24) is 19.2 Å². The van der Waals surface area contributed by atoms with Crippen molar-refractivity contribution in [1.29, 1.82) is 0 Å². The molecular weight excluding hydrogens is 1260 g/mol. The predicted molar refractivity (Wildman–Crippen MR) is 256 cm³/mol. The van der Waals surface area contributed by atoms with Crippen LogP contribution < -0.4 is 0 Å². The quantitative estimate of drug-likeness (QED) is 0.131. The fourth-order valence-corrected chi connectivity index (χ4v) is 4.25. The summed E-state index contributed by atoms with van der Waals surface area (Å²) < 4.78 is 3.81. The Morgan fingerprint density at radius 1 is 0.620 bits per heavy atom. The molecule has 0 radical (unpaired) electrons. The van der Waals surface area contributed by atoms with Crippen molar-refractivity contribution >= 4 is 117 Å². The first-order valence-corrected chi connectivity index (χ1v) is 39.0. The molecule has 0 N–H and O–H groups in total. The van der Waals surface area contributed by atoms with E-state index < -0.39 is 0 Å². The van der Waals surface area contributed by atoms with Crippen LogP contribution in [0.25, 0.3) is 33.5 Å². The van der Waals surface area contributed by atoms with Crippen LogP contribution in [-0.2, 0) is 14.4 Å². The van der Waals surface area contributed by atoms with E-state index in [1.807, 2.05) is 138 Å².